The number of benzene rings is 2. The molecule has 0 bridgehead atoms. The molecule has 0 aliphatic heterocycles. The van der Waals surface area contributed by atoms with Crippen molar-refractivity contribution in [1.29, 1.82) is 5.41 Å². The van der Waals surface area contributed by atoms with Crippen LogP contribution in [0.5, 0.6) is 11.6 Å². The molecule has 0 aliphatic rings. The molecular formula is C16H12BrN3O. The summed E-state index contributed by atoms with van der Waals surface area (Å²) in [4.78, 5) is 4.14. The minimum absolute atomic E-state index is 0.0140. The number of fused-ring (bicyclic) bond motifs is 1. The Balaban J connectivity index is 2.00. The number of hydrogen-bond acceptors (Lipinski definition) is 3. The number of halogens is 1. The van der Waals surface area contributed by atoms with Crippen molar-refractivity contribution in [2.45, 2.75) is 0 Å². The zero-order valence-corrected chi connectivity index (χ0v) is 12.6. The zero-order valence-electron chi connectivity index (χ0n) is 11.0. The largest absolute Gasteiger partial charge is 0.438 e. The second-order valence-corrected chi connectivity index (χ2v) is 5.29. The number of nitrogens with zero attached hydrogens (tertiary/aromatic N) is 1. The van der Waals surface area contributed by atoms with E-state index in [2.05, 4.69) is 20.9 Å². The van der Waals surface area contributed by atoms with Crippen molar-refractivity contribution >= 4 is 32.5 Å². The van der Waals surface area contributed by atoms with E-state index in [4.69, 9.17) is 15.9 Å². The molecule has 0 amide bonds. The van der Waals surface area contributed by atoms with Crippen LogP contribution in [0.3, 0.4) is 0 Å². The third-order valence-corrected chi connectivity index (χ3v) is 3.91. The van der Waals surface area contributed by atoms with Crippen LogP contribution in [0.2, 0.25) is 0 Å². The molecule has 5 heteroatoms. The van der Waals surface area contributed by atoms with E-state index in [-0.39, 0.29) is 5.84 Å². The summed E-state index contributed by atoms with van der Waals surface area (Å²) in [5.74, 6) is 1.06. The van der Waals surface area contributed by atoms with Crippen LogP contribution in [0.4, 0.5) is 0 Å². The van der Waals surface area contributed by atoms with Gasteiger partial charge in [-0.25, -0.2) is 4.98 Å². The maximum absolute atomic E-state index is 7.45. The highest BCUT2D eigenvalue weighted by molar-refractivity contribution is 9.10. The molecule has 3 N–H and O–H groups in total. The Morgan fingerprint density at radius 3 is 2.76 bits per heavy atom. The second kappa shape index (κ2) is 5.54. The molecule has 0 fully saturated rings. The van der Waals surface area contributed by atoms with Crippen molar-refractivity contribution < 1.29 is 4.74 Å². The summed E-state index contributed by atoms with van der Waals surface area (Å²) in [6, 6.07) is 15.2. The van der Waals surface area contributed by atoms with E-state index in [0.29, 0.717) is 17.2 Å². The first-order chi connectivity index (χ1) is 10.1. The molecule has 2 aromatic carbocycles. The SMILES string of the molecule is N=C(N)c1ccnc(Oc2ccc3ccccc3c2Br)c1. The number of pyridine rings is 1. The number of nitrogen functional groups attached to an aromatic ring is 1. The van der Waals surface area contributed by atoms with E-state index in [1.807, 2.05) is 36.4 Å². The Morgan fingerprint density at radius 1 is 1.14 bits per heavy atom. The molecule has 0 aliphatic carbocycles. The van der Waals surface area contributed by atoms with Gasteiger partial charge in [0.15, 0.2) is 0 Å². The van der Waals surface area contributed by atoms with Crippen molar-refractivity contribution in [3.05, 3.63) is 64.8 Å². The van der Waals surface area contributed by atoms with Gasteiger partial charge in [0.2, 0.25) is 5.88 Å². The monoisotopic (exact) mass is 341 g/mol. The fraction of sp³-hybridized carbons (Fsp3) is 0. The molecule has 3 rings (SSSR count). The van der Waals surface area contributed by atoms with Gasteiger partial charge < -0.3 is 10.5 Å². The molecule has 0 spiro atoms. The molecule has 1 aromatic heterocycles. The first-order valence-electron chi connectivity index (χ1n) is 6.31. The third kappa shape index (κ3) is 2.73. The van der Waals surface area contributed by atoms with E-state index in [9.17, 15) is 0 Å². The maximum atomic E-state index is 7.45. The zero-order chi connectivity index (χ0) is 14.8. The van der Waals surface area contributed by atoms with Crippen LogP contribution in [0.1, 0.15) is 5.56 Å². The van der Waals surface area contributed by atoms with Gasteiger partial charge in [-0.3, -0.25) is 5.41 Å². The molecule has 0 saturated carbocycles. The third-order valence-electron chi connectivity index (χ3n) is 3.09. The van der Waals surface area contributed by atoms with E-state index in [0.717, 1.165) is 15.2 Å². The fourth-order valence-electron chi connectivity index (χ4n) is 2.04. The van der Waals surface area contributed by atoms with E-state index < -0.39 is 0 Å². The van der Waals surface area contributed by atoms with Crippen LogP contribution in [0.25, 0.3) is 10.8 Å². The molecule has 104 valence electrons. The van der Waals surface area contributed by atoms with Gasteiger partial charge in [-0.05, 0) is 38.8 Å². The average Bonchev–Trinajstić information content (AvgIpc) is 2.51. The molecule has 0 saturated heterocycles. The maximum Gasteiger partial charge on any atom is 0.219 e. The van der Waals surface area contributed by atoms with Gasteiger partial charge in [-0.15, -0.1) is 0 Å². The minimum atomic E-state index is -0.0140. The number of aromatic nitrogens is 1. The molecule has 0 radical (unpaired) electrons. The standard InChI is InChI=1S/C16H12BrN3O/c17-15-12-4-2-1-3-10(12)5-6-13(15)21-14-9-11(16(18)19)7-8-20-14/h1-9H,(H3,18,19). The van der Waals surface area contributed by atoms with Crippen LogP contribution < -0.4 is 10.5 Å². The molecule has 1 heterocycles. The second-order valence-electron chi connectivity index (χ2n) is 4.50. The van der Waals surface area contributed by atoms with Crippen LogP contribution in [0.15, 0.2) is 59.2 Å². The van der Waals surface area contributed by atoms with Crippen molar-refractivity contribution in [3.8, 4) is 11.6 Å². The number of hydrogen-bond donors (Lipinski definition) is 2. The lowest BCUT2D eigenvalue weighted by atomic mass is 10.1. The molecule has 0 unspecified atom stereocenters. The van der Waals surface area contributed by atoms with Crippen LogP contribution in [0, 0.1) is 5.41 Å². The first kappa shape index (κ1) is 13.6. The fourth-order valence-corrected chi connectivity index (χ4v) is 2.61. The Hall–Kier alpha value is -2.40. The normalized spacial score (nSPS) is 10.5. The number of ether oxygens (including phenoxy) is 1. The van der Waals surface area contributed by atoms with E-state index in [1.165, 1.54) is 0 Å². The highest BCUT2D eigenvalue weighted by atomic mass is 79.9. The van der Waals surface area contributed by atoms with Gasteiger partial charge in [0, 0.05) is 17.8 Å². The van der Waals surface area contributed by atoms with Crippen LogP contribution in [-0.2, 0) is 0 Å². The summed E-state index contributed by atoms with van der Waals surface area (Å²) in [6.07, 6.45) is 1.57. The predicted octanol–water partition coefficient (Wildman–Crippen LogP) is 4.07. The number of rotatable bonds is 3. The summed E-state index contributed by atoms with van der Waals surface area (Å²) in [5.41, 5.74) is 6.05. The molecule has 4 nitrogen and oxygen atoms in total. The summed E-state index contributed by atoms with van der Waals surface area (Å²) >= 11 is 3.57. The Kier molecular flexibility index (Phi) is 3.58. The van der Waals surface area contributed by atoms with Crippen molar-refractivity contribution in [3.63, 3.8) is 0 Å². The smallest absolute Gasteiger partial charge is 0.219 e. The molecular weight excluding hydrogens is 330 g/mol. The quantitative estimate of drug-likeness (QED) is 0.557. The van der Waals surface area contributed by atoms with Gasteiger partial charge in [-0.2, -0.15) is 0 Å². The first-order valence-corrected chi connectivity index (χ1v) is 7.10. The lowest BCUT2D eigenvalue weighted by Crippen LogP contribution is -2.11. The molecule has 3 aromatic rings. The summed E-state index contributed by atoms with van der Waals surface area (Å²) < 4.78 is 6.67. The summed E-state index contributed by atoms with van der Waals surface area (Å²) in [5, 5.41) is 9.64. The lowest BCUT2D eigenvalue weighted by Gasteiger charge is -2.10. The van der Waals surface area contributed by atoms with Gasteiger partial charge in [0.25, 0.3) is 0 Å². The highest BCUT2D eigenvalue weighted by Crippen LogP contribution is 2.35. The van der Waals surface area contributed by atoms with Crippen molar-refractivity contribution in [1.82, 2.24) is 4.98 Å². The predicted molar refractivity (Wildman–Crippen MR) is 87.0 cm³/mol. The lowest BCUT2D eigenvalue weighted by molar-refractivity contribution is 0.461. The highest BCUT2D eigenvalue weighted by Gasteiger charge is 2.08. The van der Waals surface area contributed by atoms with Gasteiger partial charge >= 0.3 is 0 Å². The number of amidine groups is 1. The Bertz CT molecular complexity index is 833. The van der Waals surface area contributed by atoms with Gasteiger partial charge in [-0.1, -0.05) is 30.3 Å². The van der Waals surface area contributed by atoms with Crippen LogP contribution in [-0.4, -0.2) is 10.8 Å². The Labute approximate surface area is 130 Å². The van der Waals surface area contributed by atoms with Gasteiger partial charge in [0.1, 0.15) is 11.6 Å². The van der Waals surface area contributed by atoms with E-state index >= 15 is 0 Å². The van der Waals surface area contributed by atoms with Crippen LogP contribution >= 0.6 is 15.9 Å². The topological polar surface area (TPSA) is 72.0 Å². The average molecular weight is 342 g/mol. The number of nitrogens with one attached hydrogen (secondary N) is 1. The molecule has 21 heavy (non-hydrogen) atoms. The summed E-state index contributed by atoms with van der Waals surface area (Å²) in [7, 11) is 0. The van der Waals surface area contributed by atoms with Crippen molar-refractivity contribution in [2.75, 3.05) is 0 Å². The van der Waals surface area contributed by atoms with E-state index in [1.54, 1.807) is 18.3 Å². The Morgan fingerprint density at radius 2 is 1.95 bits per heavy atom. The number of nitrogens with two attached hydrogens (primary N) is 1. The van der Waals surface area contributed by atoms with Gasteiger partial charge in [0.05, 0.1) is 4.47 Å². The molecule has 0 atom stereocenters. The minimum Gasteiger partial charge on any atom is -0.438 e. The summed E-state index contributed by atoms with van der Waals surface area (Å²) in [6.45, 7) is 0. The van der Waals surface area contributed by atoms with Crippen molar-refractivity contribution in [2.24, 2.45) is 5.73 Å².